The number of carbonyl (C=O) groups is 3. The first-order valence-electron chi connectivity index (χ1n) is 22.6. The van der Waals surface area contributed by atoms with Gasteiger partial charge >= 0.3 is 0 Å². The van der Waals surface area contributed by atoms with Gasteiger partial charge in [0.2, 0.25) is 11.8 Å². The van der Waals surface area contributed by atoms with E-state index in [1.807, 2.05) is 23.1 Å². The fourth-order valence-electron chi connectivity index (χ4n) is 9.07. The van der Waals surface area contributed by atoms with Gasteiger partial charge in [0.05, 0.1) is 36.9 Å². The van der Waals surface area contributed by atoms with Crippen molar-refractivity contribution in [1.29, 1.82) is 0 Å². The number of aromatic hydroxyl groups is 1. The average molecular weight is 863 g/mol. The van der Waals surface area contributed by atoms with Gasteiger partial charge in [-0.05, 0) is 74.4 Å². The monoisotopic (exact) mass is 862 g/mol. The number of nitrogens with one attached hydrogen (secondary N) is 2. The Hall–Kier alpha value is -3.89. The zero-order valence-corrected chi connectivity index (χ0v) is 37.0. The maximum atomic E-state index is 13.5. The summed E-state index contributed by atoms with van der Waals surface area (Å²) in [5.74, 6) is 2.50. The van der Waals surface area contributed by atoms with Crippen LogP contribution in [0.2, 0.25) is 0 Å². The Labute approximate surface area is 365 Å². The second-order valence-electron chi connectivity index (χ2n) is 17.4. The molecule has 2 aromatic carbocycles. The summed E-state index contributed by atoms with van der Waals surface area (Å²) in [4.78, 5) is 49.8. The van der Waals surface area contributed by atoms with Crippen LogP contribution in [-0.2, 0) is 36.7 Å². The van der Waals surface area contributed by atoms with Crippen molar-refractivity contribution in [3.05, 3.63) is 47.5 Å². The average Bonchev–Trinajstić information content (AvgIpc) is 3.78. The van der Waals surface area contributed by atoms with Crippen LogP contribution in [0.25, 0.3) is 0 Å². The Morgan fingerprint density at radius 2 is 1.84 bits per heavy atom. The quantitative estimate of drug-likeness (QED) is 0.131. The van der Waals surface area contributed by atoms with Crippen LogP contribution in [0, 0.1) is 5.92 Å². The molecule has 2 saturated heterocycles. The Morgan fingerprint density at radius 3 is 2.61 bits per heavy atom. The molecule has 3 fully saturated rings. The second kappa shape index (κ2) is 22.0. The fraction of sp³-hybridized carbons (Fsp3) is 0.652. The number of rotatable bonds is 19. The number of thioether (sulfide) groups is 1. The largest absolute Gasteiger partial charge is 0.506 e. The van der Waals surface area contributed by atoms with Gasteiger partial charge in [-0.2, -0.15) is 0 Å². The van der Waals surface area contributed by atoms with Crippen molar-refractivity contribution in [3.8, 4) is 17.2 Å². The van der Waals surface area contributed by atoms with E-state index in [0.29, 0.717) is 89.3 Å². The molecule has 1 saturated carbocycles. The van der Waals surface area contributed by atoms with Crippen molar-refractivity contribution in [3.63, 3.8) is 0 Å². The minimum Gasteiger partial charge on any atom is -0.506 e. The van der Waals surface area contributed by atoms with Crippen LogP contribution in [0.1, 0.15) is 76.3 Å². The number of phenols is 1. The zero-order chi connectivity index (χ0) is 42.6. The van der Waals surface area contributed by atoms with Crippen LogP contribution >= 0.6 is 11.8 Å². The van der Waals surface area contributed by atoms with Gasteiger partial charge in [0.25, 0.3) is 5.91 Å². The minimum absolute atomic E-state index is 0.00550. The van der Waals surface area contributed by atoms with E-state index >= 15 is 0 Å². The Kier molecular flexibility index (Phi) is 16.2. The number of aliphatic imine (C=N–C) groups is 1. The van der Waals surface area contributed by atoms with E-state index in [-0.39, 0.29) is 47.8 Å². The number of phenolic OH excluding ortho intramolecular Hbond substituents is 1. The molecule has 3 N–H and O–H groups in total. The summed E-state index contributed by atoms with van der Waals surface area (Å²) in [5, 5.41) is 17.4. The number of nitrogens with zero attached hydrogens (tertiary/aromatic N) is 4. The van der Waals surface area contributed by atoms with E-state index in [4.69, 9.17) is 23.9 Å². The van der Waals surface area contributed by atoms with Crippen LogP contribution < -0.4 is 20.1 Å². The molecule has 61 heavy (non-hydrogen) atoms. The highest BCUT2D eigenvalue weighted by atomic mass is 32.2. The molecule has 2 aromatic rings. The molecular formula is C46H66N6O8S. The van der Waals surface area contributed by atoms with Gasteiger partial charge in [0.15, 0.2) is 12.4 Å². The summed E-state index contributed by atoms with van der Waals surface area (Å²) >= 11 is 1.72. The number of piperidine rings is 1. The van der Waals surface area contributed by atoms with E-state index in [9.17, 15) is 19.5 Å². The highest BCUT2D eigenvalue weighted by molar-refractivity contribution is 8.14. The van der Waals surface area contributed by atoms with E-state index in [2.05, 4.69) is 46.4 Å². The number of likely N-dealkylation sites (tertiary alicyclic amines) is 1. The van der Waals surface area contributed by atoms with E-state index in [1.165, 1.54) is 6.42 Å². The van der Waals surface area contributed by atoms with Crippen LogP contribution in [-0.4, -0.2) is 151 Å². The Bertz CT molecular complexity index is 1810. The first-order chi connectivity index (χ1) is 29.7. The topological polar surface area (TPSA) is 155 Å². The van der Waals surface area contributed by atoms with Gasteiger partial charge < -0.3 is 44.5 Å². The molecule has 7 rings (SSSR count). The molecular weight excluding hydrogens is 797 g/mol. The van der Waals surface area contributed by atoms with Crippen molar-refractivity contribution in [2.45, 2.75) is 95.7 Å². The third-order valence-electron chi connectivity index (χ3n) is 12.6. The van der Waals surface area contributed by atoms with Gasteiger partial charge in [0, 0.05) is 63.5 Å². The molecule has 0 bridgehead atoms. The van der Waals surface area contributed by atoms with Crippen LogP contribution in [0.3, 0.4) is 0 Å². The number of hydrogen-bond donors (Lipinski definition) is 3. The molecule has 5 aliphatic rings. The van der Waals surface area contributed by atoms with Gasteiger partial charge in [0.1, 0.15) is 29.8 Å². The summed E-state index contributed by atoms with van der Waals surface area (Å²) in [7, 11) is 0. The number of amides is 3. The SMILES string of the molecule is CC(C)C1=NC(C(=O)N2CCOC3(CCN(CCOc4ccc(CCOCCC(=O)N(CCNCCc5ccc(O)c6c5OCC(=O)N6)C5CCCCC5)cc4)CC3)C2)CS1. The number of benzene rings is 2. The molecule has 4 heterocycles. The number of ether oxygens (including phenoxy) is 4. The summed E-state index contributed by atoms with van der Waals surface area (Å²) in [6, 6.07) is 11.6. The number of hydrogen-bond acceptors (Lipinski definition) is 12. The number of anilines is 1. The van der Waals surface area contributed by atoms with Crippen LogP contribution in [0.15, 0.2) is 41.4 Å². The standard InChI is InChI=1S/C46H66N6O8S/c1-33(2)44-48-38(31-61-44)45(56)51-25-29-60-46(32-51)17-21-50(22-18-46)24-28-58-37-11-8-34(9-12-37)15-26-57-27-16-41(55)52(36-6-4-3-5-7-36)23-20-47-19-14-35-10-13-39(53)42-43(35)59-30-40(54)49-42/h8-13,33,36,38,47,53H,3-7,14-32H2,1-2H3,(H,49,54). The highest BCUT2D eigenvalue weighted by Crippen LogP contribution is 2.39. The lowest BCUT2D eigenvalue weighted by atomic mass is 9.89. The van der Waals surface area contributed by atoms with Crippen LogP contribution in [0.5, 0.6) is 17.2 Å². The molecule has 15 heteroatoms. The van der Waals surface area contributed by atoms with Crippen molar-refractivity contribution in [2.75, 3.05) is 96.5 Å². The number of fused-ring (bicyclic) bond motifs is 1. The molecule has 1 spiro atoms. The summed E-state index contributed by atoms with van der Waals surface area (Å²) in [6.07, 6.45) is 9.23. The van der Waals surface area contributed by atoms with Gasteiger partial charge in [-0.15, -0.1) is 11.8 Å². The molecule has 334 valence electrons. The number of carbonyl (C=O) groups excluding carboxylic acids is 3. The lowest BCUT2D eigenvalue weighted by Gasteiger charge is -2.47. The van der Waals surface area contributed by atoms with E-state index in [0.717, 1.165) is 92.3 Å². The molecule has 1 unspecified atom stereocenters. The predicted molar refractivity (Wildman–Crippen MR) is 238 cm³/mol. The Balaban J connectivity index is 0.759. The maximum absolute atomic E-state index is 13.5. The maximum Gasteiger partial charge on any atom is 0.262 e. The Morgan fingerprint density at radius 1 is 1.03 bits per heavy atom. The highest BCUT2D eigenvalue weighted by Gasteiger charge is 2.42. The summed E-state index contributed by atoms with van der Waals surface area (Å²) in [6.45, 7) is 12.3. The van der Waals surface area contributed by atoms with Gasteiger partial charge in [-0.3, -0.25) is 24.3 Å². The molecule has 0 radical (unpaired) electrons. The predicted octanol–water partition coefficient (Wildman–Crippen LogP) is 4.91. The molecule has 3 amide bonds. The third kappa shape index (κ3) is 12.4. The van der Waals surface area contributed by atoms with Gasteiger partial charge in [-0.25, -0.2) is 0 Å². The molecule has 4 aliphatic heterocycles. The van der Waals surface area contributed by atoms with Crippen molar-refractivity contribution < 1.29 is 38.4 Å². The van der Waals surface area contributed by atoms with Crippen molar-refractivity contribution in [2.24, 2.45) is 10.9 Å². The lowest BCUT2D eigenvalue weighted by Crippen LogP contribution is -2.59. The zero-order valence-electron chi connectivity index (χ0n) is 36.2. The molecule has 14 nitrogen and oxygen atoms in total. The molecule has 1 atom stereocenters. The molecule has 1 aliphatic carbocycles. The minimum atomic E-state index is -0.281. The van der Waals surface area contributed by atoms with E-state index in [1.54, 1.807) is 17.8 Å². The summed E-state index contributed by atoms with van der Waals surface area (Å²) in [5.41, 5.74) is 2.14. The van der Waals surface area contributed by atoms with Gasteiger partial charge in [-0.1, -0.05) is 51.3 Å². The number of morpholine rings is 1. The smallest absolute Gasteiger partial charge is 0.262 e. The molecule has 0 aromatic heterocycles. The van der Waals surface area contributed by atoms with E-state index < -0.39 is 0 Å². The fourth-order valence-corrected chi connectivity index (χ4v) is 10.1. The summed E-state index contributed by atoms with van der Waals surface area (Å²) < 4.78 is 24.0. The first kappa shape index (κ1) is 45.1. The lowest BCUT2D eigenvalue weighted by molar-refractivity contribution is -0.160. The second-order valence-corrected chi connectivity index (χ2v) is 18.4. The van der Waals surface area contributed by atoms with Crippen LogP contribution in [0.4, 0.5) is 5.69 Å². The van der Waals surface area contributed by atoms with Crippen molar-refractivity contribution >= 4 is 40.2 Å². The first-order valence-corrected chi connectivity index (χ1v) is 23.6. The third-order valence-corrected chi connectivity index (χ3v) is 14.0. The normalized spacial score (nSPS) is 20.6. The van der Waals surface area contributed by atoms with Crippen molar-refractivity contribution in [1.82, 2.24) is 20.0 Å².